The van der Waals surface area contributed by atoms with Gasteiger partial charge in [-0.2, -0.15) is 0 Å². The molecule has 2 aromatic carbocycles. The third-order valence-electron chi connectivity index (χ3n) is 5.41. The van der Waals surface area contributed by atoms with E-state index >= 15 is 0 Å². The number of carbonyl (C=O) groups is 2. The zero-order valence-electron chi connectivity index (χ0n) is 32.4. The molecule has 49 heavy (non-hydrogen) atoms. The van der Waals surface area contributed by atoms with E-state index in [1.54, 1.807) is 0 Å². The van der Waals surface area contributed by atoms with E-state index in [0.717, 1.165) is 29.9 Å². The van der Waals surface area contributed by atoms with Crippen LogP contribution in [0.25, 0.3) is 0 Å². The SMILES string of the molecule is C#C[Si](C)(C)C.CC(C)(C)OC(=O)NCCCOc1ccc(C#C[Si](C)(C)C)cc1.Cc1ccc(OCCCNC(=O)OC(C)(C)C)cc1. The summed E-state index contributed by atoms with van der Waals surface area (Å²) in [5, 5.41) is 5.40. The summed E-state index contributed by atoms with van der Waals surface area (Å²) in [4.78, 5) is 22.8. The largest absolute Gasteiger partial charge is 0.494 e. The van der Waals surface area contributed by atoms with Crippen molar-refractivity contribution in [3.05, 3.63) is 59.7 Å². The highest BCUT2D eigenvalue weighted by Crippen LogP contribution is 2.13. The Hall–Kier alpha value is -3.87. The number of aryl methyl sites for hydroxylation is 1. The number of nitrogens with one attached hydrogen (secondary N) is 2. The molecule has 0 aliphatic carbocycles. The number of amides is 2. The molecule has 0 bridgehead atoms. The van der Waals surface area contributed by atoms with Gasteiger partial charge in [0.05, 0.1) is 13.2 Å². The molecule has 2 rings (SSSR count). The fourth-order valence-electron chi connectivity index (χ4n) is 3.06. The lowest BCUT2D eigenvalue weighted by Crippen LogP contribution is -2.33. The fraction of sp³-hybridized carbons (Fsp3) is 0.538. The van der Waals surface area contributed by atoms with E-state index in [1.807, 2.05) is 97.0 Å². The first kappa shape index (κ1) is 45.1. The van der Waals surface area contributed by atoms with Gasteiger partial charge in [0.15, 0.2) is 0 Å². The molecule has 10 heteroatoms. The van der Waals surface area contributed by atoms with E-state index < -0.39 is 33.4 Å². The van der Waals surface area contributed by atoms with Gasteiger partial charge >= 0.3 is 12.2 Å². The number of carbonyl (C=O) groups excluding carboxylic acids is 2. The molecule has 0 saturated carbocycles. The minimum atomic E-state index is -1.35. The van der Waals surface area contributed by atoms with Crippen LogP contribution >= 0.6 is 0 Å². The number of hydrogen-bond acceptors (Lipinski definition) is 6. The Kier molecular flexibility index (Phi) is 20.2. The molecule has 0 atom stereocenters. The summed E-state index contributed by atoms with van der Waals surface area (Å²) >= 11 is 0. The lowest BCUT2D eigenvalue weighted by atomic mass is 10.2. The van der Waals surface area contributed by atoms with Crippen molar-refractivity contribution in [2.24, 2.45) is 0 Å². The summed E-state index contributed by atoms with van der Waals surface area (Å²) < 4.78 is 21.5. The molecule has 0 aromatic heterocycles. The molecule has 2 aromatic rings. The number of hydrogen-bond donors (Lipinski definition) is 2. The van der Waals surface area contributed by atoms with Crippen LogP contribution in [0.2, 0.25) is 39.3 Å². The van der Waals surface area contributed by atoms with Crippen molar-refractivity contribution in [1.29, 1.82) is 0 Å². The monoisotopic (exact) mass is 710 g/mol. The van der Waals surface area contributed by atoms with Crippen LogP contribution in [0, 0.1) is 30.4 Å². The van der Waals surface area contributed by atoms with Gasteiger partial charge in [-0.05, 0) is 97.7 Å². The van der Waals surface area contributed by atoms with Crippen LogP contribution in [0.15, 0.2) is 48.5 Å². The average molecular weight is 711 g/mol. The van der Waals surface area contributed by atoms with Crippen LogP contribution < -0.4 is 20.1 Å². The summed E-state index contributed by atoms with van der Waals surface area (Å²) in [5.74, 6) is 4.87. The van der Waals surface area contributed by atoms with Crippen molar-refractivity contribution in [1.82, 2.24) is 10.6 Å². The van der Waals surface area contributed by atoms with Gasteiger partial charge < -0.3 is 29.6 Å². The topological polar surface area (TPSA) is 95.1 Å². The van der Waals surface area contributed by atoms with Gasteiger partial charge in [-0.15, -0.1) is 17.5 Å². The Morgan fingerprint density at radius 2 is 1.04 bits per heavy atom. The van der Waals surface area contributed by atoms with E-state index in [1.165, 1.54) is 5.56 Å². The molecule has 0 heterocycles. The predicted molar refractivity (Wildman–Crippen MR) is 209 cm³/mol. The number of alkyl carbamates (subject to hydrolysis) is 2. The molecular formula is C39H62N2O6Si2. The Morgan fingerprint density at radius 1 is 0.673 bits per heavy atom. The van der Waals surface area contributed by atoms with E-state index in [4.69, 9.17) is 25.4 Å². The van der Waals surface area contributed by atoms with Gasteiger partial charge in [0.25, 0.3) is 0 Å². The first-order valence-electron chi connectivity index (χ1n) is 16.8. The maximum atomic E-state index is 11.5. The zero-order chi connectivity index (χ0) is 37.7. The van der Waals surface area contributed by atoms with Crippen molar-refractivity contribution in [2.45, 2.75) is 112 Å². The summed E-state index contributed by atoms with van der Waals surface area (Å²) in [5.41, 5.74) is 7.37. The van der Waals surface area contributed by atoms with Crippen molar-refractivity contribution in [3.63, 3.8) is 0 Å². The number of terminal acetylenes is 1. The van der Waals surface area contributed by atoms with Gasteiger partial charge in [0.1, 0.15) is 38.8 Å². The number of benzene rings is 2. The highest BCUT2D eigenvalue weighted by molar-refractivity contribution is 6.84. The summed E-state index contributed by atoms with van der Waals surface area (Å²) in [6, 6.07) is 15.7. The molecule has 0 fully saturated rings. The molecule has 0 radical (unpaired) electrons. The quantitative estimate of drug-likeness (QED) is 0.145. The molecule has 0 aliphatic heterocycles. The molecule has 0 spiro atoms. The fourth-order valence-corrected chi connectivity index (χ4v) is 3.58. The van der Waals surface area contributed by atoms with Gasteiger partial charge in [-0.25, -0.2) is 9.59 Å². The average Bonchev–Trinajstić information content (AvgIpc) is 2.95. The van der Waals surface area contributed by atoms with Crippen LogP contribution in [-0.4, -0.2) is 65.8 Å². The maximum Gasteiger partial charge on any atom is 0.407 e. The van der Waals surface area contributed by atoms with Crippen molar-refractivity contribution in [3.8, 4) is 34.9 Å². The van der Waals surface area contributed by atoms with Crippen LogP contribution in [0.1, 0.15) is 65.5 Å². The zero-order valence-corrected chi connectivity index (χ0v) is 34.4. The molecule has 0 saturated heterocycles. The Morgan fingerprint density at radius 3 is 1.37 bits per heavy atom. The lowest BCUT2D eigenvalue weighted by Gasteiger charge is -2.19. The molecule has 0 aliphatic rings. The van der Waals surface area contributed by atoms with E-state index in [0.29, 0.717) is 26.3 Å². The van der Waals surface area contributed by atoms with Crippen molar-refractivity contribution in [2.75, 3.05) is 26.3 Å². The van der Waals surface area contributed by atoms with E-state index in [-0.39, 0.29) is 6.09 Å². The first-order chi connectivity index (χ1) is 22.5. The van der Waals surface area contributed by atoms with Gasteiger partial charge in [-0.1, -0.05) is 62.9 Å². The minimum absolute atomic E-state index is 0.386. The summed E-state index contributed by atoms with van der Waals surface area (Å²) in [6.45, 7) is 28.4. The lowest BCUT2D eigenvalue weighted by molar-refractivity contribution is 0.0513. The molecular weight excluding hydrogens is 649 g/mol. The molecule has 0 unspecified atom stereocenters. The van der Waals surface area contributed by atoms with Gasteiger partial charge in [0.2, 0.25) is 0 Å². The highest BCUT2D eigenvalue weighted by atomic mass is 28.3. The minimum Gasteiger partial charge on any atom is -0.494 e. The second-order valence-corrected chi connectivity index (χ2v) is 25.0. The molecule has 272 valence electrons. The first-order valence-corrected chi connectivity index (χ1v) is 23.8. The highest BCUT2D eigenvalue weighted by Gasteiger charge is 2.16. The molecule has 8 nitrogen and oxygen atoms in total. The Labute approximate surface area is 299 Å². The Bertz CT molecular complexity index is 1350. The summed E-state index contributed by atoms with van der Waals surface area (Å²) in [7, 11) is -2.45. The predicted octanol–water partition coefficient (Wildman–Crippen LogP) is 8.99. The van der Waals surface area contributed by atoms with E-state index in [2.05, 4.69) is 66.9 Å². The van der Waals surface area contributed by atoms with Crippen molar-refractivity contribution >= 4 is 28.3 Å². The normalized spacial score (nSPS) is 11.0. The van der Waals surface area contributed by atoms with Gasteiger partial charge in [-0.3, -0.25) is 0 Å². The number of ether oxygens (including phenoxy) is 4. The second-order valence-electron chi connectivity index (χ2n) is 15.5. The van der Waals surface area contributed by atoms with Gasteiger partial charge in [0, 0.05) is 18.7 Å². The van der Waals surface area contributed by atoms with Crippen LogP contribution in [-0.2, 0) is 9.47 Å². The van der Waals surface area contributed by atoms with Crippen LogP contribution in [0.4, 0.5) is 9.59 Å². The molecule has 2 N–H and O–H groups in total. The van der Waals surface area contributed by atoms with Crippen LogP contribution in [0.3, 0.4) is 0 Å². The standard InChI is InChI=1S/C19H29NO3Si.C15H23NO3.C5H10Si/c1-19(2,3)23-18(21)20-13-7-14-22-17-10-8-16(9-11-17)12-15-24(4,5)6;1-12-6-8-13(9-7-12)18-11-5-10-16-14(17)19-15(2,3)4;1-5-6(2,3)4/h8-11H,7,13-14H2,1-6H3,(H,20,21);6-9H,5,10-11H2,1-4H3,(H,16,17);1H,2-4H3. The summed E-state index contributed by atoms with van der Waals surface area (Å²) in [6.07, 6.45) is 5.80. The van der Waals surface area contributed by atoms with Crippen LogP contribution in [0.5, 0.6) is 11.5 Å². The van der Waals surface area contributed by atoms with Crippen molar-refractivity contribution < 1.29 is 28.5 Å². The number of rotatable bonds is 10. The molecule has 2 amide bonds. The maximum absolute atomic E-state index is 11.5. The smallest absolute Gasteiger partial charge is 0.407 e. The third-order valence-corrected chi connectivity index (χ3v) is 7.15. The third kappa shape index (κ3) is 30.0. The Balaban J connectivity index is 0.000000821. The second kappa shape index (κ2) is 22.0. The van der Waals surface area contributed by atoms with E-state index in [9.17, 15) is 9.59 Å².